The third-order valence-corrected chi connectivity index (χ3v) is 3.70. The zero-order chi connectivity index (χ0) is 15.4. The van der Waals surface area contributed by atoms with E-state index in [1.54, 1.807) is 0 Å². The van der Waals surface area contributed by atoms with Crippen molar-refractivity contribution in [1.82, 2.24) is 5.32 Å². The Morgan fingerprint density at radius 1 is 1.43 bits per heavy atom. The first-order valence-corrected chi connectivity index (χ1v) is 7.05. The van der Waals surface area contributed by atoms with E-state index in [1.165, 1.54) is 29.5 Å². The lowest BCUT2D eigenvalue weighted by Gasteiger charge is -2.13. The van der Waals surface area contributed by atoms with Crippen molar-refractivity contribution in [3.8, 4) is 0 Å². The number of nitrogen functional groups attached to an aromatic ring is 1. The number of thiophene rings is 1. The molecular weight excluding hydrogens is 292 g/mol. The summed E-state index contributed by atoms with van der Waals surface area (Å²) in [5, 5.41) is 17.6. The van der Waals surface area contributed by atoms with E-state index in [-0.39, 0.29) is 28.9 Å². The SMILES string of the molecule is CC(NC(=O)c1ccc(NN)c([N+](=O)[O-])c1)c1ccsc1. The molecular formula is C13H14N4O3S. The van der Waals surface area contributed by atoms with Crippen LogP contribution in [0.5, 0.6) is 0 Å². The summed E-state index contributed by atoms with van der Waals surface area (Å²) in [6.45, 7) is 1.85. The molecule has 2 aromatic rings. The van der Waals surface area contributed by atoms with Gasteiger partial charge in [0.2, 0.25) is 0 Å². The number of rotatable bonds is 5. The zero-order valence-electron chi connectivity index (χ0n) is 11.2. The fraction of sp³-hybridized carbons (Fsp3) is 0.154. The summed E-state index contributed by atoms with van der Waals surface area (Å²) in [6.07, 6.45) is 0. The van der Waals surface area contributed by atoms with Gasteiger partial charge in [-0.1, -0.05) is 0 Å². The number of carbonyl (C=O) groups excluding carboxylic acids is 1. The number of carbonyl (C=O) groups is 1. The monoisotopic (exact) mass is 306 g/mol. The van der Waals surface area contributed by atoms with E-state index in [1.807, 2.05) is 23.8 Å². The molecule has 8 heteroatoms. The number of nitro groups is 1. The summed E-state index contributed by atoms with van der Waals surface area (Å²) in [7, 11) is 0. The van der Waals surface area contributed by atoms with Gasteiger partial charge in [0, 0.05) is 11.6 Å². The first kappa shape index (κ1) is 14.9. The summed E-state index contributed by atoms with van der Waals surface area (Å²) in [5.74, 6) is 4.83. The highest BCUT2D eigenvalue weighted by molar-refractivity contribution is 7.07. The number of nitro benzene ring substituents is 1. The summed E-state index contributed by atoms with van der Waals surface area (Å²) in [6, 6.07) is 5.83. The van der Waals surface area contributed by atoms with Crippen LogP contribution >= 0.6 is 11.3 Å². The molecule has 1 unspecified atom stereocenters. The van der Waals surface area contributed by atoms with Crippen LogP contribution in [0.3, 0.4) is 0 Å². The Labute approximate surface area is 124 Å². The second-order valence-corrected chi connectivity index (χ2v) is 5.17. The van der Waals surface area contributed by atoms with E-state index in [4.69, 9.17) is 5.84 Å². The van der Waals surface area contributed by atoms with E-state index >= 15 is 0 Å². The minimum absolute atomic E-state index is 0.155. The van der Waals surface area contributed by atoms with E-state index in [0.29, 0.717) is 0 Å². The topological polar surface area (TPSA) is 110 Å². The Balaban J connectivity index is 2.19. The Morgan fingerprint density at radius 3 is 2.76 bits per heavy atom. The number of hydrogen-bond donors (Lipinski definition) is 3. The second-order valence-electron chi connectivity index (χ2n) is 4.39. The molecule has 1 atom stereocenters. The van der Waals surface area contributed by atoms with Gasteiger partial charge in [-0.2, -0.15) is 11.3 Å². The van der Waals surface area contributed by atoms with Gasteiger partial charge in [0.25, 0.3) is 11.6 Å². The first-order valence-electron chi connectivity index (χ1n) is 6.11. The minimum Gasteiger partial charge on any atom is -0.345 e. The van der Waals surface area contributed by atoms with Crippen LogP contribution < -0.4 is 16.6 Å². The highest BCUT2D eigenvalue weighted by Crippen LogP contribution is 2.25. The number of hydrazine groups is 1. The molecule has 1 heterocycles. The average Bonchev–Trinajstić information content (AvgIpc) is 3.00. The third-order valence-electron chi connectivity index (χ3n) is 3.00. The van der Waals surface area contributed by atoms with Gasteiger partial charge in [0.05, 0.1) is 11.0 Å². The van der Waals surface area contributed by atoms with Crippen LogP contribution in [0.1, 0.15) is 28.9 Å². The quantitative estimate of drug-likeness (QED) is 0.446. The molecule has 2 rings (SSSR count). The standard InChI is InChI=1S/C13H14N4O3S/c1-8(10-4-5-21-7-10)15-13(18)9-2-3-11(16-14)12(6-9)17(19)20/h2-8,16H,14H2,1H3,(H,15,18). The molecule has 0 aliphatic heterocycles. The van der Waals surface area contributed by atoms with E-state index in [2.05, 4.69) is 10.7 Å². The highest BCUT2D eigenvalue weighted by atomic mass is 32.1. The number of benzene rings is 1. The van der Waals surface area contributed by atoms with Crippen molar-refractivity contribution in [1.29, 1.82) is 0 Å². The molecule has 0 spiro atoms. The van der Waals surface area contributed by atoms with E-state index < -0.39 is 4.92 Å². The summed E-state index contributed by atoms with van der Waals surface area (Å²) in [5.41, 5.74) is 3.35. The zero-order valence-corrected chi connectivity index (χ0v) is 12.0. The van der Waals surface area contributed by atoms with E-state index in [9.17, 15) is 14.9 Å². The molecule has 0 saturated carbocycles. The fourth-order valence-electron chi connectivity index (χ4n) is 1.83. The van der Waals surface area contributed by atoms with Crippen LogP contribution in [0.15, 0.2) is 35.0 Å². The Kier molecular flexibility index (Phi) is 4.51. The molecule has 0 fully saturated rings. The second kappa shape index (κ2) is 6.33. The third kappa shape index (κ3) is 3.36. The normalized spacial score (nSPS) is 11.7. The number of nitrogens with two attached hydrogens (primary N) is 1. The van der Waals surface area contributed by atoms with Gasteiger partial charge in [-0.05, 0) is 41.4 Å². The summed E-state index contributed by atoms with van der Waals surface area (Å²) in [4.78, 5) is 22.5. The van der Waals surface area contributed by atoms with Gasteiger partial charge < -0.3 is 10.7 Å². The molecule has 21 heavy (non-hydrogen) atoms. The molecule has 1 aromatic heterocycles. The van der Waals surface area contributed by atoms with Crippen LogP contribution in [-0.4, -0.2) is 10.8 Å². The maximum Gasteiger partial charge on any atom is 0.294 e. The van der Waals surface area contributed by atoms with Crippen molar-refractivity contribution in [3.05, 3.63) is 56.3 Å². The molecule has 0 bridgehead atoms. The van der Waals surface area contributed by atoms with Crippen molar-refractivity contribution < 1.29 is 9.72 Å². The van der Waals surface area contributed by atoms with Gasteiger partial charge in [-0.15, -0.1) is 0 Å². The maximum atomic E-state index is 12.1. The Hall–Kier alpha value is -2.45. The number of nitrogens with one attached hydrogen (secondary N) is 2. The lowest BCUT2D eigenvalue weighted by Crippen LogP contribution is -2.26. The van der Waals surface area contributed by atoms with Gasteiger partial charge in [-0.3, -0.25) is 20.8 Å². The van der Waals surface area contributed by atoms with Crippen molar-refractivity contribution >= 4 is 28.6 Å². The van der Waals surface area contributed by atoms with Gasteiger partial charge >= 0.3 is 0 Å². The van der Waals surface area contributed by atoms with Gasteiger partial charge in [0.1, 0.15) is 5.69 Å². The lowest BCUT2D eigenvalue weighted by atomic mass is 10.1. The van der Waals surface area contributed by atoms with Crippen molar-refractivity contribution in [2.45, 2.75) is 13.0 Å². The van der Waals surface area contributed by atoms with Crippen molar-refractivity contribution in [2.24, 2.45) is 5.84 Å². The molecule has 0 aliphatic carbocycles. The molecule has 0 radical (unpaired) electrons. The summed E-state index contributed by atoms with van der Waals surface area (Å²) < 4.78 is 0. The number of anilines is 1. The Morgan fingerprint density at radius 2 is 2.19 bits per heavy atom. The average molecular weight is 306 g/mol. The molecule has 0 aliphatic rings. The van der Waals surface area contributed by atoms with Crippen LogP contribution in [0.2, 0.25) is 0 Å². The van der Waals surface area contributed by atoms with Crippen molar-refractivity contribution in [3.63, 3.8) is 0 Å². The predicted molar refractivity (Wildman–Crippen MR) is 81.1 cm³/mol. The minimum atomic E-state index is -0.589. The summed E-state index contributed by atoms with van der Waals surface area (Å²) >= 11 is 1.54. The molecule has 4 N–H and O–H groups in total. The highest BCUT2D eigenvalue weighted by Gasteiger charge is 2.18. The van der Waals surface area contributed by atoms with Gasteiger partial charge in [0.15, 0.2) is 0 Å². The van der Waals surface area contributed by atoms with Crippen LogP contribution in [0.25, 0.3) is 0 Å². The van der Waals surface area contributed by atoms with Gasteiger partial charge in [-0.25, -0.2) is 0 Å². The molecule has 0 saturated heterocycles. The number of hydrogen-bond acceptors (Lipinski definition) is 6. The molecule has 7 nitrogen and oxygen atoms in total. The number of amides is 1. The largest absolute Gasteiger partial charge is 0.345 e. The fourth-order valence-corrected chi connectivity index (χ4v) is 2.58. The maximum absolute atomic E-state index is 12.1. The molecule has 1 aromatic carbocycles. The van der Waals surface area contributed by atoms with E-state index in [0.717, 1.165) is 5.56 Å². The lowest BCUT2D eigenvalue weighted by molar-refractivity contribution is -0.384. The van der Waals surface area contributed by atoms with Crippen LogP contribution in [0.4, 0.5) is 11.4 Å². The first-order chi connectivity index (χ1) is 10.0. The smallest absolute Gasteiger partial charge is 0.294 e. The van der Waals surface area contributed by atoms with Crippen LogP contribution in [-0.2, 0) is 0 Å². The van der Waals surface area contributed by atoms with Crippen molar-refractivity contribution in [2.75, 3.05) is 5.43 Å². The molecule has 1 amide bonds. The van der Waals surface area contributed by atoms with Crippen LogP contribution in [0, 0.1) is 10.1 Å². The molecule has 110 valence electrons. The Bertz CT molecular complexity index is 657. The number of nitrogens with zero attached hydrogens (tertiary/aromatic N) is 1. The predicted octanol–water partition coefficient (Wildman–Crippen LogP) is 2.43.